The van der Waals surface area contributed by atoms with E-state index in [0.717, 1.165) is 37.8 Å². The molecule has 0 aromatic heterocycles. The van der Waals surface area contributed by atoms with Crippen LogP contribution in [0.15, 0.2) is 52.8 Å². The molecule has 1 atom stereocenters. The van der Waals surface area contributed by atoms with E-state index in [2.05, 4.69) is 10.3 Å². The van der Waals surface area contributed by atoms with Gasteiger partial charge in [0, 0.05) is 30.2 Å². The van der Waals surface area contributed by atoms with Crippen LogP contribution in [0.1, 0.15) is 59.2 Å². The van der Waals surface area contributed by atoms with Crippen molar-refractivity contribution in [3.63, 3.8) is 0 Å². The molecule has 1 heterocycles. The Morgan fingerprint density at radius 2 is 1.80 bits per heavy atom. The van der Waals surface area contributed by atoms with Crippen LogP contribution in [0.5, 0.6) is 0 Å². The highest BCUT2D eigenvalue weighted by Gasteiger charge is 2.62. The van der Waals surface area contributed by atoms with Crippen LogP contribution < -0.4 is 5.73 Å². The third kappa shape index (κ3) is 5.10. The molecule has 0 saturated heterocycles. The van der Waals surface area contributed by atoms with Gasteiger partial charge in [0.25, 0.3) is 5.60 Å². The maximum absolute atomic E-state index is 14.6. The fourth-order valence-corrected chi connectivity index (χ4v) is 5.71. The highest BCUT2D eigenvalue weighted by atomic mass is 35.5. The molecule has 40 heavy (non-hydrogen) atoms. The first-order valence-corrected chi connectivity index (χ1v) is 13.3. The van der Waals surface area contributed by atoms with E-state index < -0.39 is 45.5 Å². The second-order valence-electron chi connectivity index (χ2n) is 9.76. The maximum atomic E-state index is 14.6. The molecule has 0 bridgehead atoms. The van der Waals surface area contributed by atoms with E-state index in [1.165, 1.54) is 6.21 Å². The maximum Gasteiger partial charge on any atom is 0.435 e. The Morgan fingerprint density at radius 1 is 1.15 bits per heavy atom. The summed E-state index contributed by atoms with van der Waals surface area (Å²) in [7, 11) is 0. The third-order valence-electron chi connectivity index (χ3n) is 7.22. The number of carbonyl (C=O) groups is 1. The fraction of sp³-hybridized carbons (Fsp3) is 0.321. The number of alkyl halides is 3. The highest BCUT2D eigenvalue weighted by Crippen LogP contribution is 2.50. The van der Waals surface area contributed by atoms with Crippen molar-refractivity contribution in [3.8, 4) is 0 Å². The molecule has 1 fully saturated rings. The van der Waals surface area contributed by atoms with Crippen molar-refractivity contribution in [3.05, 3.63) is 80.6 Å². The van der Waals surface area contributed by atoms with Crippen LogP contribution >= 0.6 is 23.2 Å². The Balaban J connectivity index is 1.57. The van der Waals surface area contributed by atoms with Gasteiger partial charge in [0.15, 0.2) is 5.82 Å². The van der Waals surface area contributed by atoms with Crippen LogP contribution in [0.4, 0.5) is 17.6 Å². The number of hydrogen-bond acceptors (Lipinski definition) is 5. The van der Waals surface area contributed by atoms with E-state index in [1.54, 1.807) is 30.3 Å². The Bertz CT molecular complexity index is 1510. The van der Waals surface area contributed by atoms with Crippen molar-refractivity contribution in [2.45, 2.75) is 56.4 Å². The fourth-order valence-electron chi connectivity index (χ4n) is 5.22. The minimum absolute atomic E-state index is 0.0352. The molecule has 0 radical (unpaired) electrons. The van der Waals surface area contributed by atoms with Crippen LogP contribution in [-0.4, -0.2) is 30.1 Å². The first-order valence-electron chi connectivity index (χ1n) is 12.5. The van der Waals surface area contributed by atoms with Crippen LogP contribution in [0.2, 0.25) is 10.0 Å². The predicted molar refractivity (Wildman–Crippen MR) is 144 cm³/mol. The molecule has 2 N–H and O–H groups in total. The van der Waals surface area contributed by atoms with E-state index in [-0.39, 0.29) is 23.8 Å². The zero-order valence-electron chi connectivity index (χ0n) is 20.9. The summed E-state index contributed by atoms with van der Waals surface area (Å²) in [6.07, 6.45) is -0.109. The first kappa shape index (κ1) is 28.2. The quantitative estimate of drug-likeness (QED) is 0.133. The van der Waals surface area contributed by atoms with Gasteiger partial charge in [-0.25, -0.2) is 4.39 Å². The smallest absolute Gasteiger partial charge is 0.393 e. The number of primary amides is 1. The molecule has 1 unspecified atom stereocenters. The van der Waals surface area contributed by atoms with E-state index in [1.807, 2.05) is 0 Å². The number of halogens is 6. The normalized spacial score (nSPS) is 19.8. The second-order valence-corrected chi connectivity index (χ2v) is 10.6. The van der Waals surface area contributed by atoms with Crippen molar-refractivity contribution >= 4 is 51.8 Å². The molecule has 12 heteroatoms. The highest BCUT2D eigenvalue weighted by molar-refractivity contribution is 6.35. The lowest BCUT2D eigenvalue weighted by atomic mass is 9.84. The summed E-state index contributed by atoms with van der Waals surface area (Å²) in [5.74, 6) is -1.74. The molecule has 1 aliphatic heterocycles. The van der Waals surface area contributed by atoms with Gasteiger partial charge in [-0.05, 0) is 60.2 Å². The van der Waals surface area contributed by atoms with Gasteiger partial charge < -0.3 is 15.4 Å². The van der Waals surface area contributed by atoms with Crippen LogP contribution in [-0.2, 0) is 21.7 Å². The largest absolute Gasteiger partial charge is 0.435 e. The molecular weight excluding hydrogens is 573 g/mol. The average molecular weight is 596 g/mol. The molecule has 2 aliphatic rings. The monoisotopic (exact) mass is 595 g/mol. The summed E-state index contributed by atoms with van der Waals surface area (Å²) in [6.45, 7) is 0. The van der Waals surface area contributed by atoms with Crippen LogP contribution in [0.3, 0.4) is 0 Å². The van der Waals surface area contributed by atoms with E-state index in [0.29, 0.717) is 21.9 Å². The summed E-state index contributed by atoms with van der Waals surface area (Å²) >= 11 is 11.6. The molecule has 1 amide bonds. The molecule has 5 rings (SSSR count). The van der Waals surface area contributed by atoms with Crippen molar-refractivity contribution in [1.29, 1.82) is 0 Å². The molecule has 1 saturated carbocycles. The Kier molecular flexibility index (Phi) is 7.67. The summed E-state index contributed by atoms with van der Waals surface area (Å²) in [5, 5.41) is 7.61. The molecule has 3 aromatic rings. The summed E-state index contributed by atoms with van der Waals surface area (Å²) in [4.78, 5) is 23.1. The van der Waals surface area contributed by atoms with Crippen LogP contribution in [0.25, 0.3) is 10.8 Å². The Morgan fingerprint density at radius 3 is 2.42 bits per heavy atom. The van der Waals surface area contributed by atoms with Crippen molar-refractivity contribution in [2.75, 3.05) is 0 Å². The second kappa shape index (κ2) is 10.9. The zero-order chi connectivity index (χ0) is 28.7. The number of nitrogens with two attached hydrogens (primary N) is 1. The predicted octanol–water partition coefficient (Wildman–Crippen LogP) is 7.45. The standard InChI is InChI=1S/C28H23Cl2F4N3O3/c29-21-12-16(13-22(30)25(21)31)27(28(32,33)34)14-23(37-40-27)20-11-15(9-10-36-39-17-5-1-2-6-17)24(26(35)38)19-8-4-3-7-18(19)20/h3-4,7-8,10-13,17H,1-2,5-6,9,14H2,(H2,35,38). The van der Waals surface area contributed by atoms with Crippen molar-refractivity contribution in [1.82, 2.24) is 0 Å². The molecule has 0 spiro atoms. The summed E-state index contributed by atoms with van der Waals surface area (Å²) < 4.78 is 57.8. The van der Waals surface area contributed by atoms with Gasteiger partial charge in [-0.1, -0.05) is 57.8 Å². The molecule has 210 valence electrons. The number of oxime groups is 2. The van der Waals surface area contributed by atoms with Gasteiger partial charge in [-0.3, -0.25) is 4.79 Å². The molecule has 6 nitrogen and oxygen atoms in total. The van der Waals surface area contributed by atoms with Gasteiger partial charge in [0.2, 0.25) is 5.91 Å². The molecule has 3 aromatic carbocycles. The van der Waals surface area contributed by atoms with Gasteiger partial charge in [-0.15, -0.1) is 0 Å². The van der Waals surface area contributed by atoms with Gasteiger partial charge in [-0.2, -0.15) is 13.2 Å². The topological polar surface area (TPSA) is 86.3 Å². The van der Waals surface area contributed by atoms with Gasteiger partial charge >= 0.3 is 6.18 Å². The minimum Gasteiger partial charge on any atom is -0.393 e. The molecular formula is C28H23Cl2F4N3O3. The number of amides is 1. The third-order valence-corrected chi connectivity index (χ3v) is 7.77. The number of benzene rings is 3. The number of fused-ring (bicyclic) bond motifs is 1. The molecule has 1 aliphatic carbocycles. The van der Waals surface area contributed by atoms with E-state index in [9.17, 15) is 22.4 Å². The summed E-state index contributed by atoms with van der Waals surface area (Å²) in [5.41, 5.74) is 3.18. The van der Waals surface area contributed by atoms with Crippen LogP contribution in [0, 0.1) is 5.82 Å². The Labute approximate surface area is 236 Å². The number of carbonyl (C=O) groups excluding carboxylic acids is 1. The van der Waals surface area contributed by atoms with E-state index in [4.69, 9.17) is 38.6 Å². The Hall–Kier alpha value is -3.37. The van der Waals surface area contributed by atoms with Gasteiger partial charge in [0.05, 0.1) is 21.3 Å². The summed E-state index contributed by atoms with van der Waals surface area (Å²) in [6, 6.07) is 9.89. The number of nitrogens with zero attached hydrogens (tertiary/aromatic N) is 2. The zero-order valence-corrected chi connectivity index (χ0v) is 22.4. The average Bonchev–Trinajstić information content (AvgIpc) is 3.59. The number of hydrogen-bond donors (Lipinski definition) is 1. The van der Waals surface area contributed by atoms with E-state index >= 15 is 0 Å². The minimum atomic E-state index is -4.97. The van der Waals surface area contributed by atoms with Crippen molar-refractivity contribution in [2.24, 2.45) is 16.0 Å². The number of rotatable bonds is 7. The lowest BCUT2D eigenvalue weighted by Gasteiger charge is -2.30. The SMILES string of the molecule is NC(=O)c1c(CC=NOC2CCCC2)cc(C2=NOC(c3cc(Cl)c(F)c(Cl)c3)(C(F)(F)F)C2)c2ccccc12. The van der Waals surface area contributed by atoms with Gasteiger partial charge in [0.1, 0.15) is 6.10 Å². The lowest BCUT2D eigenvalue weighted by molar-refractivity contribution is -0.275. The van der Waals surface area contributed by atoms with Crippen molar-refractivity contribution < 1.29 is 32.0 Å². The first-order chi connectivity index (χ1) is 19.0. The lowest BCUT2D eigenvalue weighted by Crippen LogP contribution is -2.42.